The first-order valence-electron chi connectivity index (χ1n) is 5.78. The third kappa shape index (κ3) is 2.87. The molecule has 0 saturated heterocycles. The molecule has 0 atom stereocenters. The lowest BCUT2D eigenvalue weighted by Crippen LogP contribution is -2.21. The summed E-state index contributed by atoms with van der Waals surface area (Å²) in [5.74, 6) is -0.101. The van der Waals surface area contributed by atoms with Crippen LogP contribution in [0.15, 0.2) is 40.4 Å². The highest BCUT2D eigenvalue weighted by atomic mass is 79.9. The number of halogens is 2. The number of aromatic nitrogens is 2. The average Bonchev–Trinajstić information content (AvgIpc) is 3.01. The number of amides is 1. The van der Waals surface area contributed by atoms with Gasteiger partial charge in [-0.3, -0.25) is 4.79 Å². The molecule has 0 fully saturated rings. The summed E-state index contributed by atoms with van der Waals surface area (Å²) in [5.41, 5.74) is 1.59. The van der Waals surface area contributed by atoms with Crippen molar-refractivity contribution in [2.75, 3.05) is 0 Å². The molecule has 0 saturated carbocycles. The highest BCUT2D eigenvalue weighted by Gasteiger charge is 2.09. The maximum absolute atomic E-state index is 11.9. The van der Waals surface area contributed by atoms with Crippen molar-refractivity contribution < 1.29 is 4.79 Å². The van der Waals surface area contributed by atoms with E-state index < -0.39 is 0 Å². The van der Waals surface area contributed by atoms with Gasteiger partial charge in [0.2, 0.25) is 0 Å². The number of carbonyl (C=O) groups excluding carboxylic acids is 1. The summed E-state index contributed by atoms with van der Waals surface area (Å²) in [6.45, 7) is 0.383. The lowest BCUT2D eigenvalue weighted by atomic mass is 10.4. The van der Waals surface area contributed by atoms with Crippen LogP contribution in [-0.4, -0.2) is 15.3 Å². The highest BCUT2D eigenvalue weighted by molar-refractivity contribution is 9.11. The van der Waals surface area contributed by atoms with Gasteiger partial charge in [0.15, 0.2) is 0 Å². The minimum atomic E-state index is -0.101. The second-order valence-electron chi connectivity index (χ2n) is 4.13. The lowest BCUT2D eigenvalue weighted by Gasteiger charge is -1.99. The normalized spacial score (nSPS) is 10.9. The van der Waals surface area contributed by atoms with Gasteiger partial charge in [-0.15, -0.1) is 11.3 Å². The van der Waals surface area contributed by atoms with Crippen LogP contribution in [0.3, 0.4) is 0 Å². The number of nitrogens with zero attached hydrogens (tertiary/aromatic N) is 2. The second-order valence-corrected chi connectivity index (χ2v) is 7.03. The van der Waals surface area contributed by atoms with Crippen molar-refractivity contribution in [3.05, 3.63) is 56.0 Å². The molecule has 20 heavy (non-hydrogen) atoms. The molecular formula is C13H9BrClN3OS. The first-order valence-corrected chi connectivity index (χ1v) is 7.77. The Bertz CT molecular complexity index is 783. The first kappa shape index (κ1) is 13.6. The van der Waals surface area contributed by atoms with Crippen molar-refractivity contribution in [2.45, 2.75) is 6.54 Å². The molecule has 7 heteroatoms. The van der Waals surface area contributed by atoms with Crippen molar-refractivity contribution in [1.29, 1.82) is 0 Å². The van der Waals surface area contributed by atoms with Crippen molar-refractivity contribution in [1.82, 2.24) is 14.7 Å². The molecule has 3 aromatic heterocycles. The quantitative estimate of drug-likeness (QED) is 0.763. The maximum Gasteiger partial charge on any atom is 0.261 e. The van der Waals surface area contributed by atoms with Crippen LogP contribution >= 0.6 is 38.9 Å². The van der Waals surface area contributed by atoms with Gasteiger partial charge in [-0.05, 0) is 40.2 Å². The molecule has 0 aliphatic heterocycles. The lowest BCUT2D eigenvalue weighted by molar-refractivity contribution is 0.0954. The summed E-state index contributed by atoms with van der Waals surface area (Å²) < 4.78 is 2.77. The largest absolute Gasteiger partial charge is 0.346 e. The van der Waals surface area contributed by atoms with Crippen molar-refractivity contribution in [2.24, 2.45) is 0 Å². The van der Waals surface area contributed by atoms with Crippen LogP contribution in [0.25, 0.3) is 5.65 Å². The van der Waals surface area contributed by atoms with Gasteiger partial charge in [-0.1, -0.05) is 11.6 Å². The molecule has 102 valence electrons. The standard InChI is InChI=1S/C13H9BrClN3OS/c14-11-3-2-10(20-11)13(19)16-5-9-7-18-6-8(15)1-4-12(18)17-9/h1-4,6-7H,5H2,(H,16,19). The van der Waals surface area contributed by atoms with Crippen LogP contribution in [0.4, 0.5) is 0 Å². The van der Waals surface area contributed by atoms with Crippen molar-refractivity contribution >= 4 is 50.4 Å². The molecule has 0 aromatic carbocycles. The molecule has 0 bridgehead atoms. The van der Waals surface area contributed by atoms with Crippen LogP contribution in [0, 0.1) is 0 Å². The zero-order valence-electron chi connectivity index (χ0n) is 10.1. The summed E-state index contributed by atoms with van der Waals surface area (Å²) in [4.78, 5) is 17.0. The monoisotopic (exact) mass is 369 g/mol. The van der Waals surface area contributed by atoms with Gasteiger partial charge in [0.1, 0.15) is 5.65 Å². The number of carbonyl (C=O) groups is 1. The summed E-state index contributed by atoms with van der Waals surface area (Å²) in [6.07, 6.45) is 3.64. The summed E-state index contributed by atoms with van der Waals surface area (Å²) >= 11 is 10.7. The number of imidazole rings is 1. The van der Waals surface area contributed by atoms with Crippen LogP contribution in [0.2, 0.25) is 5.02 Å². The van der Waals surface area contributed by atoms with Gasteiger partial charge in [0, 0.05) is 12.4 Å². The molecule has 0 spiro atoms. The molecule has 0 aliphatic carbocycles. The highest BCUT2D eigenvalue weighted by Crippen LogP contribution is 2.21. The second kappa shape index (κ2) is 5.55. The third-order valence-corrected chi connectivity index (χ3v) is 4.54. The molecule has 1 N–H and O–H groups in total. The van der Waals surface area contributed by atoms with E-state index in [4.69, 9.17) is 11.6 Å². The molecule has 0 aliphatic rings. The van der Waals surface area contributed by atoms with Gasteiger partial charge in [0.25, 0.3) is 5.91 Å². The van der Waals surface area contributed by atoms with E-state index in [1.54, 1.807) is 18.3 Å². The summed E-state index contributed by atoms with van der Waals surface area (Å²) in [5, 5.41) is 3.49. The Hall–Kier alpha value is -1.37. The minimum absolute atomic E-state index is 0.101. The molecule has 3 rings (SSSR count). The number of hydrogen-bond donors (Lipinski definition) is 1. The number of nitrogens with one attached hydrogen (secondary N) is 1. The minimum Gasteiger partial charge on any atom is -0.346 e. The molecule has 1 amide bonds. The van der Waals surface area contributed by atoms with Crippen molar-refractivity contribution in [3.8, 4) is 0 Å². The number of pyridine rings is 1. The van der Waals surface area contributed by atoms with Gasteiger partial charge in [0.05, 0.1) is 25.9 Å². The van der Waals surface area contributed by atoms with E-state index in [0.717, 1.165) is 15.1 Å². The van der Waals surface area contributed by atoms with E-state index in [1.807, 2.05) is 22.7 Å². The van der Waals surface area contributed by atoms with Gasteiger partial charge in [-0.25, -0.2) is 4.98 Å². The fraction of sp³-hybridized carbons (Fsp3) is 0.0769. The fourth-order valence-electron chi connectivity index (χ4n) is 1.80. The van der Waals surface area contributed by atoms with E-state index >= 15 is 0 Å². The van der Waals surface area contributed by atoms with E-state index in [0.29, 0.717) is 16.4 Å². The fourth-order valence-corrected chi connectivity index (χ4v) is 3.27. The molecule has 0 radical (unpaired) electrons. The Morgan fingerprint density at radius 3 is 2.95 bits per heavy atom. The van der Waals surface area contributed by atoms with Gasteiger partial charge in [-0.2, -0.15) is 0 Å². The average molecular weight is 371 g/mol. The van der Waals surface area contributed by atoms with Gasteiger partial charge >= 0.3 is 0 Å². The smallest absolute Gasteiger partial charge is 0.261 e. The molecule has 3 heterocycles. The predicted octanol–water partition coefficient (Wildman–Crippen LogP) is 3.74. The van der Waals surface area contributed by atoms with Crippen LogP contribution in [0.5, 0.6) is 0 Å². The Balaban J connectivity index is 1.72. The van der Waals surface area contributed by atoms with Crippen molar-refractivity contribution in [3.63, 3.8) is 0 Å². The number of hydrogen-bond acceptors (Lipinski definition) is 3. The van der Waals surface area contributed by atoms with Gasteiger partial charge < -0.3 is 9.72 Å². The van der Waals surface area contributed by atoms with Crippen LogP contribution < -0.4 is 5.32 Å². The third-order valence-electron chi connectivity index (χ3n) is 2.69. The van der Waals surface area contributed by atoms with Crippen LogP contribution in [0.1, 0.15) is 15.4 Å². The van der Waals surface area contributed by atoms with E-state index in [9.17, 15) is 4.79 Å². The number of rotatable bonds is 3. The molecule has 3 aromatic rings. The summed E-state index contributed by atoms with van der Waals surface area (Å²) in [7, 11) is 0. The van der Waals surface area contributed by atoms with Crippen LogP contribution in [-0.2, 0) is 6.54 Å². The zero-order valence-corrected chi connectivity index (χ0v) is 13.3. The van der Waals surface area contributed by atoms with E-state index in [-0.39, 0.29) is 5.91 Å². The topological polar surface area (TPSA) is 46.4 Å². The first-order chi connectivity index (χ1) is 9.61. The molecule has 4 nitrogen and oxygen atoms in total. The van der Waals surface area contributed by atoms with E-state index in [2.05, 4.69) is 26.2 Å². The Labute approximate surface area is 132 Å². The Morgan fingerprint density at radius 2 is 2.20 bits per heavy atom. The molecular weight excluding hydrogens is 362 g/mol. The number of fused-ring (bicyclic) bond motifs is 1. The molecule has 0 unspecified atom stereocenters. The summed E-state index contributed by atoms with van der Waals surface area (Å²) in [6, 6.07) is 7.26. The maximum atomic E-state index is 11.9. The SMILES string of the molecule is O=C(NCc1cn2cc(Cl)ccc2n1)c1ccc(Br)s1. The predicted molar refractivity (Wildman–Crippen MR) is 83.4 cm³/mol. The zero-order chi connectivity index (χ0) is 14.1. The Morgan fingerprint density at radius 1 is 1.35 bits per heavy atom. The van der Waals surface area contributed by atoms with E-state index in [1.165, 1.54) is 11.3 Å². The Kier molecular flexibility index (Phi) is 3.78. The number of thiophene rings is 1.